The molecule has 5 heteroatoms. The van der Waals surface area contributed by atoms with Crippen molar-refractivity contribution in [1.29, 1.82) is 0 Å². The Morgan fingerprint density at radius 2 is 1.68 bits per heavy atom. The monoisotopic (exact) mass is 273 g/mol. The van der Waals surface area contributed by atoms with Crippen LogP contribution in [0.4, 0.5) is 18.9 Å². The fourth-order valence-electron chi connectivity index (χ4n) is 2.38. The Labute approximate surface area is 110 Å². The van der Waals surface area contributed by atoms with Crippen LogP contribution in [0.1, 0.15) is 37.8 Å². The molecule has 0 spiro atoms. The molecule has 0 aromatic heterocycles. The summed E-state index contributed by atoms with van der Waals surface area (Å²) in [5.74, 6) is 0. The van der Waals surface area contributed by atoms with Gasteiger partial charge in [-0.05, 0) is 44.4 Å². The molecule has 0 bridgehead atoms. The zero-order chi connectivity index (χ0) is 14.3. The molecule has 0 radical (unpaired) electrons. The molecule has 1 heterocycles. The Hall–Kier alpha value is -1.23. The Morgan fingerprint density at radius 1 is 1.11 bits per heavy atom. The largest absolute Gasteiger partial charge is 0.418 e. The molecule has 106 valence electrons. The second kappa shape index (κ2) is 4.71. The quantitative estimate of drug-likeness (QED) is 0.891. The van der Waals surface area contributed by atoms with E-state index in [4.69, 9.17) is 0 Å². The molecule has 2 nitrogen and oxygen atoms in total. The molecule has 0 unspecified atom stereocenters. The number of aliphatic hydroxyl groups is 1. The summed E-state index contributed by atoms with van der Waals surface area (Å²) >= 11 is 0. The molecule has 1 fully saturated rings. The van der Waals surface area contributed by atoms with Gasteiger partial charge in [-0.15, -0.1) is 0 Å². The maximum atomic E-state index is 13.2. The highest BCUT2D eigenvalue weighted by atomic mass is 19.4. The molecule has 0 atom stereocenters. The zero-order valence-corrected chi connectivity index (χ0v) is 11.1. The van der Waals surface area contributed by atoms with Gasteiger partial charge in [0.2, 0.25) is 0 Å². The van der Waals surface area contributed by atoms with Crippen molar-refractivity contribution in [3.05, 3.63) is 29.3 Å². The molecular weight excluding hydrogens is 255 g/mol. The topological polar surface area (TPSA) is 23.5 Å². The van der Waals surface area contributed by atoms with E-state index < -0.39 is 17.3 Å². The van der Waals surface area contributed by atoms with Crippen LogP contribution < -0.4 is 4.90 Å². The van der Waals surface area contributed by atoms with Crippen molar-refractivity contribution in [2.45, 2.75) is 38.5 Å². The van der Waals surface area contributed by atoms with Crippen LogP contribution in [-0.2, 0) is 11.8 Å². The molecule has 0 aliphatic carbocycles. The van der Waals surface area contributed by atoms with Gasteiger partial charge < -0.3 is 10.0 Å². The van der Waals surface area contributed by atoms with Gasteiger partial charge in [-0.3, -0.25) is 0 Å². The fraction of sp³-hybridized carbons (Fsp3) is 0.571. The van der Waals surface area contributed by atoms with E-state index in [0.717, 1.165) is 18.9 Å². The SMILES string of the molecule is CC(C)(O)c1ccc(N2CCCC2)c(C(F)(F)F)c1. The first-order valence-electron chi connectivity index (χ1n) is 6.38. The summed E-state index contributed by atoms with van der Waals surface area (Å²) in [5.41, 5.74) is -1.43. The Morgan fingerprint density at radius 3 is 2.16 bits per heavy atom. The smallest absolute Gasteiger partial charge is 0.386 e. The molecule has 0 amide bonds. The average Bonchev–Trinajstić information content (AvgIpc) is 2.79. The first-order chi connectivity index (χ1) is 8.69. The Bertz CT molecular complexity index is 457. The molecule has 2 rings (SSSR count). The standard InChI is InChI=1S/C14H18F3NO/c1-13(2,19)10-5-6-12(18-7-3-4-8-18)11(9-10)14(15,16)17/h5-6,9,19H,3-4,7-8H2,1-2H3. The lowest BCUT2D eigenvalue weighted by atomic mass is 9.95. The number of alkyl halides is 3. The van der Waals surface area contributed by atoms with Crippen molar-refractivity contribution in [1.82, 2.24) is 0 Å². The van der Waals surface area contributed by atoms with Crippen LogP contribution in [0.2, 0.25) is 0 Å². The predicted octanol–water partition coefficient (Wildman–Crippen LogP) is 3.53. The molecular formula is C14H18F3NO. The van der Waals surface area contributed by atoms with Crippen LogP contribution in [-0.4, -0.2) is 18.2 Å². The maximum Gasteiger partial charge on any atom is 0.418 e. The van der Waals surface area contributed by atoms with E-state index in [1.54, 1.807) is 11.0 Å². The van der Waals surface area contributed by atoms with Gasteiger partial charge in [0.15, 0.2) is 0 Å². The van der Waals surface area contributed by atoms with Gasteiger partial charge in [0.25, 0.3) is 0 Å². The third kappa shape index (κ3) is 3.03. The van der Waals surface area contributed by atoms with E-state index in [2.05, 4.69) is 0 Å². The predicted molar refractivity (Wildman–Crippen MR) is 68.1 cm³/mol. The summed E-state index contributed by atoms with van der Waals surface area (Å²) in [7, 11) is 0. The highest BCUT2D eigenvalue weighted by molar-refractivity contribution is 5.57. The molecule has 1 aliphatic heterocycles. The first kappa shape index (κ1) is 14.2. The summed E-state index contributed by atoms with van der Waals surface area (Å²) in [6.45, 7) is 4.28. The highest BCUT2D eigenvalue weighted by Crippen LogP contribution is 2.39. The van der Waals surface area contributed by atoms with E-state index in [9.17, 15) is 18.3 Å². The fourth-order valence-corrected chi connectivity index (χ4v) is 2.38. The molecule has 1 N–H and O–H groups in total. The number of benzene rings is 1. The molecule has 0 saturated carbocycles. The number of nitrogens with zero attached hydrogens (tertiary/aromatic N) is 1. The van der Waals surface area contributed by atoms with E-state index in [1.165, 1.54) is 19.9 Å². The summed E-state index contributed by atoms with van der Waals surface area (Å²) in [5, 5.41) is 9.85. The lowest BCUT2D eigenvalue weighted by molar-refractivity contribution is -0.137. The van der Waals surface area contributed by atoms with E-state index in [-0.39, 0.29) is 11.3 Å². The molecule has 1 aromatic carbocycles. The van der Waals surface area contributed by atoms with Gasteiger partial charge in [-0.1, -0.05) is 6.07 Å². The minimum atomic E-state index is -4.40. The van der Waals surface area contributed by atoms with Gasteiger partial charge in [0, 0.05) is 18.8 Å². The maximum absolute atomic E-state index is 13.2. The summed E-state index contributed by atoms with van der Waals surface area (Å²) < 4.78 is 39.5. The molecule has 1 aromatic rings. The van der Waals surface area contributed by atoms with Crippen LogP contribution in [0.15, 0.2) is 18.2 Å². The zero-order valence-electron chi connectivity index (χ0n) is 11.1. The normalized spacial score (nSPS) is 17.1. The lowest BCUT2D eigenvalue weighted by Gasteiger charge is -2.26. The number of anilines is 1. The summed E-state index contributed by atoms with van der Waals surface area (Å²) in [4.78, 5) is 1.76. The van der Waals surface area contributed by atoms with Crippen LogP contribution >= 0.6 is 0 Å². The highest BCUT2D eigenvalue weighted by Gasteiger charge is 2.36. The molecule has 19 heavy (non-hydrogen) atoms. The van der Waals surface area contributed by atoms with Gasteiger partial charge in [-0.2, -0.15) is 13.2 Å². The number of halogens is 3. The summed E-state index contributed by atoms with van der Waals surface area (Å²) in [6, 6.07) is 4.11. The number of rotatable bonds is 2. The van der Waals surface area contributed by atoms with Gasteiger partial charge in [-0.25, -0.2) is 0 Å². The van der Waals surface area contributed by atoms with Gasteiger partial charge in [0.1, 0.15) is 0 Å². The Kier molecular flexibility index (Phi) is 3.51. The van der Waals surface area contributed by atoms with Crippen molar-refractivity contribution < 1.29 is 18.3 Å². The minimum Gasteiger partial charge on any atom is -0.386 e. The van der Waals surface area contributed by atoms with Gasteiger partial charge in [0.05, 0.1) is 11.2 Å². The third-order valence-electron chi connectivity index (χ3n) is 3.46. The van der Waals surface area contributed by atoms with Gasteiger partial charge >= 0.3 is 6.18 Å². The van der Waals surface area contributed by atoms with E-state index >= 15 is 0 Å². The second-order valence-corrected chi connectivity index (χ2v) is 5.48. The second-order valence-electron chi connectivity index (χ2n) is 5.48. The average molecular weight is 273 g/mol. The van der Waals surface area contributed by atoms with Crippen LogP contribution in [0.5, 0.6) is 0 Å². The molecule has 1 aliphatic rings. The lowest BCUT2D eigenvalue weighted by Crippen LogP contribution is -2.24. The van der Waals surface area contributed by atoms with Crippen molar-refractivity contribution >= 4 is 5.69 Å². The van der Waals surface area contributed by atoms with E-state index in [0.29, 0.717) is 13.1 Å². The molecule has 1 saturated heterocycles. The number of hydrogen-bond donors (Lipinski definition) is 1. The van der Waals surface area contributed by atoms with Crippen molar-refractivity contribution in [2.75, 3.05) is 18.0 Å². The van der Waals surface area contributed by atoms with E-state index in [1.807, 2.05) is 0 Å². The minimum absolute atomic E-state index is 0.220. The van der Waals surface area contributed by atoms with Crippen molar-refractivity contribution in [3.63, 3.8) is 0 Å². The first-order valence-corrected chi connectivity index (χ1v) is 6.38. The Balaban J connectivity index is 2.49. The number of hydrogen-bond acceptors (Lipinski definition) is 2. The van der Waals surface area contributed by atoms with Crippen LogP contribution in [0.3, 0.4) is 0 Å². The summed E-state index contributed by atoms with van der Waals surface area (Å²) in [6.07, 6.45) is -2.56. The van der Waals surface area contributed by atoms with Crippen molar-refractivity contribution in [3.8, 4) is 0 Å². The van der Waals surface area contributed by atoms with Crippen LogP contribution in [0.25, 0.3) is 0 Å². The van der Waals surface area contributed by atoms with Crippen LogP contribution in [0, 0.1) is 0 Å². The van der Waals surface area contributed by atoms with Crippen molar-refractivity contribution in [2.24, 2.45) is 0 Å². The third-order valence-corrected chi connectivity index (χ3v) is 3.46.